The normalized spacial score (nSPS) is 18.1. The number of anilines is 2. The Kier molecular flexibility index (Phi) is 4.10. The Morgan fingerprint density at radius 1 is 1.28 bits per heavy atom. The summed E-state index contributed by atoms with van der Waals surface area (Å²) in [5.41, 5.74) is 2.91. The molecule has 0 amide bonds. The third kappa shape index (κ3) is 2.60. The fraction of sp³-hybridized carbons (Fsp3) is 0.667. The third-order valence-corrected chi connectivity index (χ3v) is 4.41. The monoisotopic (exact) mass is 247 g/mol. The predicted molar refractivity (Wildman–Crippen MR) is 78.2 cm³/mol. The number of hydrogen-bond donors (Lipinski definition) is 1. The lowest BCUT2D eigenvalue weighted by Crippen LogP contribution is -2.26. The highest BCUT2D eigenvalue weighted by Crippen LogP contribution is 2.39. The van der Waals surface area contributed by atoms with Crippen LogP contribution in [-0.2, 0) is 0 Å². The van der Waals surface area contributed by atoms with Gasteiger partial charge in [0.15, 0.2) is 0 Å². The molecule has 0 saturated carbocycles. The van der Waals surface area contributed by atoms with E-state index in [1.807, 2.05) is 12.4 Å². The second-order valence-corrected chi connectivity index (χ2v) is 5.34. The number of nitrogens with zero attached hydrogens (tertiary/aromatic N) is 2. The number of rotatable bonds is 5. The summed E-state index contributed by atoms with van der Waals surface area (Å²) >= 11 is 0. The van der Waals surface area contributed by atoms with Gasteiger partial charge in [-0.1, -0.05) is 13.8 Å². The van der Waals surface area contributed by atoms with Crippen LogP contribution in [0.3, 0.4) is 0 Å². The fourth-order valence-corrected chi connectivity index (χ4v) is 2.88. The summed E-state index contributed by atoms with van der Waals surface area (Å²) in [6.45, 7) is 10.0. The van der Waals surface area contributed by atoms with E-state index < -0.39 is 0 Å². The minimum atomic E-state index is 0.522. The lowest BCUT2D eigenvalue weighted by molar-refractivity contribution is 0.301. The second kappa shape index (κ2) is 5.59. The fourth-order valence-electron chi connectivity index (χ4n) is 2.88. The Morgan fingerprint density at radius 2 is 2.06 bits per heavy atom. The van der Waals surface area contributed by atoms with Crippen LogP contribution in [0.4, 0.5) is 11.4 Å². The summed E-state index contributed by atoms with van der Waals surface area (Å²) in [6, 6.07) is 2.22. The first-order chi connectivity index (χ1) is 8.73. The zero-order valence-electron chi connectivity index (χ0n) is 11.9. The number of nitrogens with one attached hydrogen (secondary N) is 1. The summed E-state index contributed by atoms with van der Waals surface area (Å²) in [5, 5.41) is 3.33. The Labute approximate surface area is 111 Å². The largest absolute Gasteiger partial charge is 0.384 e. The van der Waals surface area contributed by atoms with Crippen molar-refractivity contribution in [1.29, 1.82) is 0 Å². The van der Waals surface area contributed by atoms with Crippen molar-refractivity contribution < 1.29 is 0 Å². The van der Waals surface area contributed by atoms with Gasteiger partial charge in [-0.3, -0.25) is 4.98 Å². The molecule has 2 heterocycles. The van der Waals surface area contributed by atoms with Crippen molar-refractivity contribution in [1.82, 2.24) is 4.98 Å². The SMILES string of the molecule is CCNc1cncc(N2CCC(CC)(CC)C2)c1. The molecule has 0 atom stereocenters. The number of hydrogen-bond acceptors (Lipinski definition) is 3. The average Bonchev–Trinajstić information content (AvgIpc) is 2.85. The maximum Gasteiger partial charge on any atom is 0.0573 e. The summed E-state index contributed by atoms with van der Waals surface area (Å²) in [6.07, 6.45) is 7.75. The van der Waals surface area contributed by atoms with Crippen molar-refractivity contribution in [2.24, 2.45) is 5.41 Å². The molecule has 1 aliphatic rings. The van der Waals surface area contributed by atoms with Crippen molar-refractivity contribution in [3.63, 3.8) is 0 Å². The Hall–Kier alpha value is -1.25. The molecule has 0 radical (unpaired) electrons. The van der Waals surface area contributed by atoms with Crippen molar-refractivity contribution in [2.75, 3.05) is 29.9 Å². The van der Waals surface area contributed by atoms with Gasteiger partial charge in [0.25, 0.3) is 0 Å². The number of aromatic nitrogens is 1. The molecule has 18 heavy (non-hydrogen) atoms. The molecule has 1 aliphatic heterocycles. The van der Waals surface area contributed by atoms with Crippen LogP contribution in [-0.4, -0.2) is 24.6 Å². The zero-order valence-corrected chi connectivity index (χ0v) is 11.9. The summed E-state index contributed by atoms with van der Waals surface area (Å²) in [4.78, 5) is 6.83. The van der Waals surface area contributed by atoms with Crippen LogP contribution in [0.5, 0.6) is 0 Å². The molecule has 0 unspecified atom stereocenters. The Bertz CT molecular complexity index is 385. The maximum atomic E-state index is 4.34. The van der Waals surface area contributed by atoms with Crippen LogP contribution in [0.2, 0.25) is 0 Å². The van der Waals surface area contributed by atoms with Crippen LogP contribution in [0, 0.1) is 5.41 Å². The third-order valence-electron chi connectivity index (χ3n) is 4.41. The Balaban J connectivity index is 2.11. The molecule has 1 N–H and O–H groups in total. The van der Waals surface area contributed by atoms with Crippen LogP contribution in [0.1, 0.15) is 40.0 Å². The van der Waals surface area contributed by atoms with Gasteiger partial charge in [0, 0.05) is 19.6 Å². The van der Waals surface area contributed by atoms with E-state index in [1.165, 1.54) is 38.0 Å². The molecule has 0 aliphatic carbocycles. The highest BCUT2D eigenvalue weighted by molar-refractivity contribution is 5.56. The van der Waals surface area contributed by atoms with E-state index in [0.717, 1.165) is 12.2 Å². The quantitative estimate of drug-likeness (QED) is 0.862. The first-order valence-corrected chi connectivity index (χ1v) is 7.17. The lowest BCUT2D eigenvalue weighted by Gasteiger charge is -2.27. The highest BCUT2D eigenvalue weighted by atomic mass is 15.2. The van der Waals surface area contributed by atoms with Gasteiger partial charge in [0.1, 0.15) is 0 Å². The van der Waals surface area contributed by atoms with E-state index in [0.29, 0.717) is 5.41 Å². The summed E-state index contributed by atoms with van der Waals surface area (Å²) < 4.78 is 0. The molecule has 1 saturated heterocycles. The maximum absolute atomic E-state index is 4.34. The van der Waals surface area contributed by atoms with Gasteiger partial charge < -0.3 is 10.2 Å². The van der Waals surface area contributed by atoms with E-state index in [4.69, 9.17) is 0 Å². The van der Waals surface area contributed by atoms with Gasteiger partial charge in [-0.2, -0.15) is 0 Å². The first-order valence-electron chi connectivity index (χ1n) is 7.17. The highest BCUT2D eigenvalue weighted by Gasteiger charge is 2.35. The molecule has 2 rings (SSSR count). The van der Waals surface area contributed by atoms with Crippen molar-refractivity contribution in [3.8, 4) is 0 Å². The summed E-state index contributed by atoms with van der Waals surface area (Å²) in [5.74, 6) is 0. The van der Waals surface area contributed by atoms with E-state index >= 15 is 0 Å². The molecule has 3 heteroatoms. The average molecular weight is 247 g/mol. The van der Waals surface area contributed by atoms with E-state index in [1.54, 1.807) is 0 Å². The van der Waals surface area contributed by atoms with Gasteiger partial charge >= 0.3 is 0 Å². The van der Waals surface area contributed by atoms with Crippen LogP contribution in [0.25, 0.3) is 0 Å². The Morgan fingerprint density at radius 3 is 2.67 bits per heavy atom. The smallest absolute Gasteiger partial charge is 0.0573 e. The van der Waals surface area contributed by atoms with Crippen LogP contribution < -0.4 is 10.2 Å². The van der Waals surface area contributed by atoms with Crippen LogP contribution in [0.15, 0.2) is 18.5 Å². The molecular formula is C15H25N3. The molecule has 0 aromatic carbocycles. The minimum Gasteiger partial charge on any atom is -0.384 e. The molecule has 0 bridgehead atoms. The minimum absolute atomic E-state index is 0.522. The van der Waals surface area contributed by atoms with Gasteiger partial charge in [-0.25, -0.2) is 0 Å². The van der Waals surface area contributed by atoms with Gasteiger partial charge in [0.05, 0.1) is 23.8 Å². The number of pyridine rings is 1. The lowest BCUT2D eigenvalue weighted by atomic mass is 9.82. The molecule has 1 aromatic rings. The van der Waals surface area contributed by atoms with E-state index in [9.17, 15) is 0 Å². The van der Waals surface area contributed by atoms with Crippen molar-refractivity contribution in [3.05, 3.63) is 18.5 Å². The molecule has 1 fully saturated rings. The molecule has 3 nitrogen and oxygen atoms in total. The molecule has 100 valence electrons. The topological polar surface area (TPSA) is 28.2 Å². The van der Waals surface area contributed by atoms with E-state index in [2.05, 4.69) is 42.0 Å². The zero-order chi connectivity index (χ0) is 13.0. The second-order valence-electron chi connectivity index (χ2n) is 5.34. The first kappa shape index (κ1) is 13.2. The predicted octanol–water partition coefficient (Wildman–Crippen LogP) is 3.53. The van der Waals surface area contributed by atoms with Gasteiger partial charge in [0.2, 0.25) is 0 Å². The molecular weight excluding hydrogens is 222 g/mol. The van der Waals surface area contributed by atoms with Crippen molar-refractivity contribution >= 4 is 11.4 Å². The van der Waals surface area contributed by atoms with Crippen LogP contribution >= 0.6 is 0 Å². The van der Waals surface area contributed by atoms with Gasteiger partial charge in [-0.15, -0.1) is 0 Å². The summed E-state index contributed by atoms with van der Waals surface area (Å²) in [7, 11) is 0. The molecule has 1 aromatic heterocycles. The van der Waals surface area contributed by atoms with Crippen molar-refractivity contribution in [2.45, 2.75) is 40.0 Å². The van der Waals surface area contributed by atoms with E-state index in [-0.39, 0.29) is 0 Å². The standard InChI is InChI=1S/C15H25N3/c1-4-15(5-2)7-8-18(12-15)14-9-13(17-6-3)10-16-11-14/h9-11,17H,4-8,12H2,1-3H3. The molecule has 0 spiro atoms. The van der Waals surface area contributed by atoms with Gasteiger partial charge in [-0.05, 0) is 37.7 Å².